The summed E-state index contributed by atoms with van der Waals surface area (Å²) < 4.78 is 0. The van der Waals surface area contributed by atoms with E-state index in [1.54, 1.807) is 0 Å². The lowest BCUT2D eigenvalue weighted by Crippen LogP contribution is -2.04. The second-order valence-electron chi connectivity index (χ2n) is 5.56. The molecule has 0 radical (unpaired) electrons. The summed E-state index contributed by atoms with van der Waals surface area (Å²) in [6.07, 6.45) is 0.0193. The summed E-state index contributed by atoms with van der Waals surface area (Å²) in [4.78, 5) is 4.62. The largest absolute Gasteiger partial charge is 0.388 e. The van der Waals surface area contributed by atoms with Gasteiger partial charge in [-0.1, -0.05) is 42.5 Å². The van der Waals surface area contributed by atoms with Crippen LogP contribution in [0, 0.1) is 13.8 Å². The van der Waals surface area contributed by atoms with Crippen molar-refractivity contribution in [2.45, 2.75) is 26.4 Å². The Kier molecular flexibility index (Phi) is 3.72. The standard InChI is InChI=1S/C19H19NO/c1-13-7-8-16(11-14(13)2)19(21)12-17-10-9-15-5-3-4-6-18(15)20-17/h3-11,19,21H,12H2,1-2H3. The molecule has 1 N–H and O–H groups in total. The highest BCUT2D eigenvalue weighted by Crippen LogP contribution is 2.21. The molecule has 2 nitrogen and oxygen atoms in total. The molecule has 0 saturated heterocycles. The molecule has 1 atom stereocenters. The topological polar surface area (TPSA) is 33.1 Å². The summed E-state index contributed by atoms with van der Waals surface area (Å²) in [5.41, 5.74) is 5.29. The van der Waals surface area contributed by atoms with Crippen molar-refractivity contribution in [3.63, 3.8) is 0 Å². The van der Waals surface area contributed by atoms with Gasteiger partial charge in [-0.3, -0.25) is 4.98 Å². The van der Waals surface area contributed by atoms with Crippen molar-refractivity contribution in [1.82, 2.24) is 4.98 Å². The molecule has 0 aliphatic rings. The van der Waals surface area contributed by atoms with E-state index in [0.717, 1.165) is 22.2 Å². The first-order valence-corrected chi connectivity index (χ1v) is 7.23. The molecule has 1 unspecified atom stereocenters. The van der Waals surface area contributed by atoms with Crippen LogP contribution in [0.25, 0.3) is 10.9 Å². The molecule has 0 amide bonds. The molecule has 0 fully saturated rings. The van der Waals surface area contributed by atoms with E-state index in [4.69, 9.17) is 0 Å². The van der Waals surface area contributed by atoms with Crippen LogP contribution in [0.15, 0.2) is 54.6 Å². The summed E-state index contributed by atoms with van der Waals surface area (Å²) in [6.45, 7) is 4.15. The number of aliphatic hydroxyl groups is 1. The van der Waals surface area contributed by atoms with Gasteiger partial charge in [-0.05, 0) is 42.7 Å². The third kappa shape index (κ3) is 2.96. The van der Waals surface area contributed by atoms with E-state index >= 15 is 0 Å². The Hall–Kier alpha value is -2.19. The normalized spacial score (nSPS) is 12.5. The van der Waals surface area contributed by atoms with Crippen molar-refractivity contribution in [1.29, 1.82) is 0 Å². The highest BCUT2D eigenvalue weighted by atomic mass is 16.3. The number of rotatable bonds is 3. The number of aliphatic hydroxyl groups excluding tert-OH is 1. The van der Waals surface area contributed by atoms with Crippen molar-refractivity contribution < 1.29 is 5.11 Å². The molecule has 0 bridgehead atoms. The van der Waals surface area contributed by atoms with Crippen LogP contribution >= 0.6 is 0 Å². The van der Waals surface area contributed by atoms with E-state index in [9.17, 15) is 5.11 Å². The molecule has 1 aromatic heterocycles. The molecule has 0 saturated carbocycles. The van der Waals surface area contributed by atoms with Crippen LogP contribution in [0.5, 0.6) is 0 Å². The predicted octanol–water partition coefficient (Wildman–Crippen LogP) is 4.13. The van der Waals surface area contributed by atoms with Gasteiger partial charge in [0.2, 0.25) is 0 Å². The third-order valence-electron chi connectivity index (χ3n) is 3.97. The number of aromatic nitrogens is 1. The maximum atomic E-state index is 10.4. The van der Waals surface area contributed by atoms with Crippen molar-refractivity contribution in [2.24, 2.45) is 0 Å². The predicted molar refractivity (Wildman–Crippen MR) is 86.3 cm³/mol. The number of pyridine rings is 1. The maximum Gasteiger partial charge on any atom is 0.0845 e. The molecule has 1 heterocycles. The van der Waals surface area contributed by atoms with Gasteiger partial charge in [-0.2, -0.15) is 0 Å². The second-order valence-corrected chi connectivity index (χ2v) is 5.56. The van der Waals surface area contributed by atoms with Crippen LogP contribution in [0.3, 0.4) is 0 Å². The Morgan fingerprint density at radius 2 is 1.76 bits per heavy atom. The van der Waals surface area contributed by atoms with Crippen LogP contribution in [0.1, 0.15) is 28.5 Å². The minimum absolute atomic E-state index is 0.516. The van der Waals surface area contributed by atoms with Gasteiger partial charge in [0.15, 0.2) is 0 Å². The quantitative estimate of drug-likeness (QED) is 0.781. The molecule has 106 valence electrons. The van der Waals surface area contributed by atoms with E-state index in [1.165, 1.54) is 11.1 Å². The van der Waals surface area contributed by atoms with Gasteiger partial charge < -0.3 is 5.11 Å². The highest BCUT2D eigenvalue weighted by molar-refractivity contribution is 5.78. The fourth-order valence-corrected chi connectivity index (χ4v) is 2.51. The van der Waals surface area contributed by atoms with Crippen LogP contribution in [-0.4, -0.2) is 10.1 Å². The van der Waals surface area contributed by atoms with Crippen LogP contribution in [0.2, 0.25) is 0 Å². The van der Waals surface area contributed by atoms with Crippen LogP contribution < -0.4 is 0 Å². The number of aryl methyl sites for hydroxylation is 2. The number of para-hydroxylation sites is 1. The van der Waals surface area contributed by atoms with E-state index < -0.39 is 6.10 Å². The molecule has 0 aliphatic carbocycles. The lowest BCUT2D eigenvalue weighted by atomic mass is 9.99. The van der Waals surface area contributed by atoms with Gasteiger partial charge >= 0.3 is 0 Å². The first kappa shape index (κ1) is 13.8. The molecule has 2 aromatic carbocycles. The van der Waals surface area contributed by atoms with Crippen LogP contribution in [0.4, 0.5) is 0 Å². The van der Waals surface area contributed by atoms with Crippen molar-refractivity contribution in [3.05, 3.63) is 77.0 Å². The Morgan fingerprint density at radius 3 is 2.57 bits per heavy atom. The Balaban J connectivity index is 1.85. The van der Waals surface area contributed by atoms with E-state index in [-0.39, 0.29) is 0 Å². The van der Waals surface area contributed by atoms with Gasteiger partial charge in [0.25, 0.3) is 0 Å². The summed E-state index contributed by atoms with van der Waals surface area (Å²) in [6, 6.07) is 18.2. The van der Waals surface area contributed by atoms with Gasteiger partial charge in [0.05, 0.1) is 11.6 Å². The van der Waals surface area contributed by atoms with Gasteiger partial charge in [-0.25, -0.2) is 0 Å². The Morgan fingerprint density at radius 1 is 0.952 bits per heavy atom. The second kappa shape index (κ2) is 5.66. The zero-order chi connectivity index (χ0) is 14.8. The van der Waals surface area contributed by atoms with E-state index in [0.29, 0.717) is 6.42 Å². The van der Waals surface area contributed by atoms with E-state index in [2.05, 4.69) is 37.0 Å². The minimum Gasteiger partial charge on any atom is -0.388 e. The summed E-state index contributed by atoms with van der Waals surface area (Å²) in [5, 5.41) is 11.5. The van der Waals surface area contributed by atoms with Gasteiger partial charge in [0.1, 0.15) is 0 Å². The van der Waals surface area contributed by atoms with Crippen LogP contribution in [-0.2, 0) is 6.42 Å². The number of nitrogens with zero attached hydrogens (tertiary/aromatic N) is 1. The number of hydrogen-bond donors (Lipinski definition) is 1. The smallest absolute Gasteiger partial charge is 0.0845 e. The molecule has 3 rings (SSSR count). The van der Waals surface area contributed by atoms with Gasteiger partial charge in [-0.15, -0.1) is 0 Å². The summed E-state index contributed by atoms with van der Waals surface area (Å²) >= 11 is 0. The zero-order valence-corrected chi connectivity index (χ0v) is 12.4. The lowest BCUT2D eigenvalue weighted by molar-refractivity contribution is 0.177. The average Bonchev–Trinajstić information content (AvgIpc) is 2.50. The Labute approximate surface area is 125 Å². The summed E-state index contributed by atoms with van der Waals surface area (Å²) in [5.74, 6) is 0. The van der Waals surface area contributed by atoms with Crippen molar-refractivity contribution in [2.75, 3.05) is 0 Å². The molecular weight excluding hydrogens is 258 g/mol. The van der Waals surface area contributed by atoms with Crippen molar-refractivity contribution in [3.8, 4) is 0 Å². The lowest BCUT2D eigenvalue weighted by Gasteiger charge is -2.13. The highest BCUT2D eigenvalue weighted by Gasteiger charge is 2.10. The fourth-order valence-electron chi connectivity index (χ4n) is 2.51. The maximum absolute atomic E-state index is 10.4. The van der Waals surface area contributed by atoms with E-state index in [1.807, 2.05) is 36.4 Å². The van der Waals surface area contributed by atoms with Crippen molar-refractivity contribution >= 4 is 10.9 Å². The number of hydrogen-bond acceptors (Lipinski definition) is 2. The molecule has 3 aromatic rings. The zero-order valence-electron chi connectivity index (χ0n) is 12.4. The molecular formula is C19H19NO. The summed E-state index contributed by atoms with van der Waals surface area (Å²) in [7, 11) is 0. The molecule has 2 heteroatoms. The third-order valence-corrected chi connectivity index (χ3v) is 3.97. The molecule has 0 aliphatic heterocycles. The number of benzene rings is 2. The SMILES string of the molecule is Cc1ccc(C(O)Cc2ccc3ccccc3n2)cc1C. The first-order valence-electron chi connectivity index (χ1n) is 7.23. The Bertz CT molecular complexity index is 779. The monoisotopic (exact) mass is 277 g/mol. The fraction of sp³-hybridized carbons (Fsp3) is 0.211. The number of fused-ring (bicyclic) bond motifs is 1. The molecule has 21 heavy (non-hydrogen) atoms. The van der Waals surface area contributed by atoms with Gasteiger partial charge in [0, 0.05) is 17.5 Å². The average molecular weight is 277 g/mol. The minimum atomic E-state index is -0.516. The first-order chi connectivity index (χ1) is 10.1. The molecule has 0 spiro atoms.